The van der Waals surface area contributed by atoms with E-state index in [4.69, 9.17) is 5.11 Å². The van der Waals surface area contributed by atoms with Gasteiger partial charge in [0.25, 0.3) is 0 Å². The van der Waals surface area contributed by atoms with E-state index in [9.17, 15) is 15.0 Å². The summed E-state index contributed by atoms with van der Waals surface area (Å²) in [6.45, 7) is 0. The molecule has 0 bridgehead atoms. The van der Waals surface area contributed by atoms with Gasteiger partial charge in [-0.05, 0) is 36.4 Å². The Bertz CT molecular complexity index is 538. The van der Waals surface area contributed by atoms with E-state index >= 15 is 0 Å². The van der Waals surface area contributed by atoms with Crippen molar-refractivity contribution in [3.63, 3.8) is 0 Å². The van der Waals surface area contributed by atoms with Crippen LogP contribution in [0.25, 0.3) is 0 Å². The summed E-state index contributed by atoms with van der Waals surface area (Å²) >= 11 is 0. The summed E-state index contributed by atoms with van der Waals surface area (Å²) < 4.78 is 0. The van der Waals surface area contributed by atoms with E-state index in [0.29, 0.717) is 5.56 Å². The Kier molecular flexibility index (Phi) is 2.70. The molecule has 0 heterocycles. The summed E-state index contributed by atoms with van der Waals surface area (Å²) in [6.07, 6.45) is 0. The van der Waals surface area contributed by atoms with E-state index in [-0.39, 0.29) is 28.6 Å². The van der Waals surface area contributed by atoms with Crippen LogP contribution in [0.1, 0.15) is 15.9 Å². The van der Waals surface area contributed by atoms with Crippen molar-refractivity contribution < 1.29 is 20.1 Å². The molecule has 0 aliphatic rings. The minimum atomic E-state index is -0.337. The molecule has 2 rings (SSSR count). The molecule has 0 aliphatic heterocycles. The van der Waals surface area contributed by atoms with E-state index in [1.807, 2.05) is 0 Å². The van der Waals surface area contributed by atoms with Crippen LogP contribution in [0.5, 0.6) is 17.2 Å². The zero-order valence-corrected chi connectivity index (χ0v) is 8.79. The molecule has 17 heavy (non-hydrogen) atoms. The third-order valence-electron chi connectivity index (χ3n) is 2.29. The summed E-state index contributed by atoms with van der Waals surface area (Å²) in [7, 11) is 0. The minimum Gasteiger partial charge on any atom is -0.508 e. The Morgan fingerprint density at radius 2 is 1.24 bits per heavy atom. The van der Waals surface area contributed by atoms with E-state index in [1.54, 1.807) is 0 Å². The highest BCUT2D eigenvalue weighted by Crippen LogP contribution is 2.23. The fourth-order valence-corrected chi connectivity index (χ4v) is 1.51. The predicted molar refractivity (Wildman–Crippen MR) is 61.3 cm³/mol. The summed E-state index contributed by atoms with van der Waals surface area (Å²) in [5, 5.41) is 27.7. The van der Waals surface area contributed by atoms with Crippen LogP contribution in [0, 0.1) is 0 Å². The maximum atomic E-state index is 12.0. The summed E-state index contributed by atoms with van der Waals surface area (Å²) in [6, 6.07) is 9.43. The topological polar surface area (TPSA) is 77.8 Å². The Morgan fingerprint density at radius 3 is 1.76 bits per heavy atom. The standard InChI is InChI=1S/C13H10O4/c14-10-3-1-8(2-4-10)13(17)9-5-11(15)7-12(16)6-9/h1-7,14-16H. The van der Waals surface area contributed by atoms with Crippen LogP contribution in [0.4, 0.5) is 0 Å². The number of phenols is 3. The molecular formula is C13H10O4. The number of rotatable bonds is 2. The molecule has 4 nitrogen and oxygen atoms in total. The zero-order valence-electron chi connectivity index (χ0n) is 8.79. The van der Waals surface area contributed by atoms with Gasteiger partial charge in [-0.3, -0.25) is 4.79 Å². The van der Waals surface area contributed by atoms with Crippen molar-refractivity contribution in [1.29, 1.82) is 0 Å². The average molecular weight is 230 g/mol. The van der Waals surface area contributed by atoms with Gasteiger partial charge in [-0.2, -0.15) is 0 Å². The first-order valence-electron chi connectivity index (χ1n) is 4.93. The van der Waals surface area contributed by atoms with Crippen LogP contribution < -0.4 is 0 Å². The van der Waals surface area contributed by atoms with Gasteiger partial charge in [0.2, 0.25) is 0 Å². The molecule has 2 aromatic rings. The Balaban J connectivity index is 2.40. The third kappa shape index (κ3) is 2.36. The van der Waals surface area contributed by atoms with Crippen molar-refractivity contribution >= 4 is 5.78 Å². The van der Waals surface area contributed by atoms with Crippen LogP contribution >= 0.6 is 0 Å². The van der Waals surface area contributed by atoms with Gasteiger partial charge in [0.15, 0.2) is 5.78 Å². The highest BCUT2D eigenvalue weighted by atomic mass is 16.3. The maximum Gasteiger partial charge on any atom is 0.193 e. The molecule has 0 radical (unpaired) electrons. The lowest BCUT2D eigenvalue weighted by Gasteiger charge is -2.03. The second-order valence-corrected chi connectivity index (χ2v) is 3.61. The lowest BCUT2D eigenvalue weighted by molar-refractivity contribution is 0.103. The molecule has 0 amide bonds. The first-order valence-corrected chi connectivity index (χ1v) is 4.93. The van der Waals surface area contributed by atoms with Gasteiger partial charge in [0.1, 0.15) is 17.2 Å². The quantitative estimate of drug-likeness (QED) is 0.690. The third-order valence-corrected chi connectivity index (χ3v) is 2.29. The van der Waals surface area contributed by atoms with Crippen LogP contribution in [-0.2, 0) is 0 Å². The minimum absolute atomic E-state index is 0.0697. The number of carbonyl (C=O) groups excluding carboxylic acids is 1. The number of benzene rings is 2. The zero-order chi connectivity index (χ0) is 12.4. The number of phenolic OH excluding ortho intramolecular Hbond substituents is 3. The van der Waals surface area contributed by atoms with Crippen molar-refractivity contribution in [2.75, 3.05) is 0 Å². The molecule has 0 saturated heterocycles. The lowest BCUT2D eigenvalue weighted by Crippen LogP contribution is -2.00. The van der Waals surface area contributed by atoms with Crippen LogP contribution in [0.3, 0.4) is 0 Å². The summed E-state index contributed by atoms with van der Waals surface area (Å²) in [5.74, 6) is -0.615. The molecule has 2 aromatic carbocycles. The summed E-state index contributed by atoms with van der Waals surface area (Å²) in [5.41, 5.74) is 0.556. The lowest BCUT2D eigenvalue weighted by atomic mass is 10.0. The van der Waals surface area contributed by atoms with Gasteiger partial charge in [-0.1, -0.05) is 0 Å². The monoisotopic (exact) mass is 230 g/mol. The fourth-order valence-electron chi connectivity index (χ4n) is 1.51. The van der Waals surface area contributed by atoms with E-state index in [2.05, 4.69) is 0 Å². The van der Waals surface area contributed by atoms with Crippen molar-refractivity contribution in [2.45, 2.75) is 0 Å². The van der Waals surface area contributed by atoms with Crippen molar-refractivity contribution in [2.24, 2.45) is 0 Å². The van der Waals surface area contributed by atoms with Gasteiger partial charge < -0.3 is 15.3 Å². The Morgan fingerprint density at radius 1 is 0.706 bits per heavy atom. The van der Waals surface area contributed by atoms with E-state index < -0.39 is 0 Å². The molecule has 0 saturated carbocycles. The molecule has 0 atom stereocenters. The molecule has 86 valence electrons. The summed E-state index contributed by atoms with van der Waals surface area (Å²) in [4.78, 5) is 12.0. The number of carbonyl (C=O) groups is 1. The van der Waals surface area contributed by atoms with Gasteiger partial charge >= 0.3 is 0 Å². The van der Waals surface area contributed by atoms with Crippen LogP contribution in [0.2, 0.25) is 0 Å². The smallest absolute Gasteiger partial charge is 0.193 e. The van der Waals surface area contributed by atoms with Gasteiger partial charge in [-0.25, -0.2) is 0 Å². The highest BCUT2D eigenvalue weighted by Gasteiger charge is 2.11. The average Bonchev–Trinajstić information content (AvgIpc) is 2.28. The Hall–Kier alpha value is -2.49. The molecule has 0 fully saturated rings. The van der Waals surface area contributed by atoms with Crippen molar-refractivity contribution in [3.8, 4) is 17.2 Å². The molecule has 0 unspecified atom stereocenters. The molecule has 0 aliphatic carbocycles. The van der Waals surface area contributed by atoms with Gasteiger partial charge in [0.05, 0.1) is 0 Å². The molecule has 4 heteroatoms. The molecular weight excluding hydrogens is 220 g/mol. The fraction of sp³-hybridized carbons (Fsp3) is 0. The van der Waals surface area contributed by atoms with Crippen LogP contribution in [-0.4, -0.2) is 21.1 Å². The first kappa shape index (κ1) is 11.0. The number of hydrogen-bond acceptors (Lipinski definition) is 4. The predicted octanol–water partition coefficient (Wildman–Crippen LogP) is 2.03. The second-order valence-electron chi connectivity index (χ2n) is 3.61. The van der Waals surface area contributed by atoms with E-state index in [0.717, 1.165) is 6.07 Å². The molecule has 0 spiro atoms. The Labute approximate surface area is 97.4 Å². The second kappa shape index (κ2) is 4.17. The van der Waals surface area contributed by atoms with Crippen LogP contribution in [0.15, 0.2) is 42.5 Å². The largest absolute Gasteiger partial charge is 0.508 e. The molecule has 0 aromatic heterocycles. The normalized spacial score (nSPS) is 10.1. The van der Waals surface area contributed by atoms with Gasteiger partial charge in [-0.15, -0.1) is 0 Å². The maximum absolute atomic E-state index is 12.0. The first-order chi connectivity index (χ1) is 8.06. The SMILES string of the molecule is O=C(c1ccc(O)cc1)c1cc(O)cc(O)c1. The number of ketones is 1. The number of hydrogen-bond donors (Lipinski definition) is 3. The molecule has 3 N–H and O–H groups in total. The van der Waals surface area contributed by atoms with Gasteiger partial charge in [0, 0.05) is 17.2 Å². The van der Waals surface area contributed by atoms with E-state index in [1.165, 1.54) is 36.4 Å². The number of aromatic hydroxyl groups is 3. The van der Waals surface area contributed by atoms with Crippen molar-refractivity contribution in [1.82, 2.24) is 0 Å². The van der Waals surface area contributed by atoms with Crippen molar-refractivity contribution in [3.05, 3.63) is 53.6 Å². The highest BCUT2D eigenvalue weighted by molar-refractivity contribution is 6.09.